The molecule has 1 aliphatic rings. The first-order valence-electron chi connectivity index (χ1n) is 11.2. The van der Waals surface area contributed by atoms with E-state index < -0.39 is 6.04 Å². The smallest absolute Gasteiger partial charge is 0.322 e. The van der Waals surface area contributed by atoms with Crippen LogP contribution in [0.2, 0.25) is 0 Å². The molecule has 182 valence electrons. The van der Waals surface area contributed by atoms with E-state index in [1.165, 1.54) is 29.2 Å². The first kappa shape index (κ1) is 23.2. The van der Waals surface area contributed by atoms with E-state index in [2.05, 4.69) is 15.5 Å². The van der Waals surface area contributed by atoms with Crippen molar-refractivity contribution >= 4 is 11.6 Å². The van der Waals surface area contributed by atoms with E-state index >= 15 is 0 Å². The fraction of sp³-hybridized carbons (Fsp3) is 0.148. The highest BCUT2D eigenvalue weighted by Gasteiger charge is 2.35. The van der Waals surface area contributed by atoms with Gasteiger partial charge < -0.3 is 14.6 Å². The van der Waals surface area contributed by atoms with Gasteiger partial charge in [-0.05, 0) is 54.4 Å². The van der Waals surface area contributed by atoms with Crippen LogP contribution in [0.15, 0.2) is 83.0 Å². The molecule has 1 aromatic heterocycles. The molecule has 3 aromatic carbocycles. The number of urea groups is 1. The van der Waals surface area contributed by atoms with Crippen molar-refractivity contribution in [3.05, 3.63) is 107 Å². The van der Waals surface area contributed by atoms with Gasteiger partial charge in [0.1, 0.15) is 17.4 Å². The number of amides is 2. The maximum atomic E-state index is 13.6. The molecule has 1 atom stereocenters. The predicted octanol–water partition coefficient (Wildman–Crippen LogP) is 5.72. The molecule has 7 nitrogen and oxygen atoms in total. The lowest BCUT2D eigenvalue weighted by Gasteiger charge is -2.35. The minimum atomic E-state index is -0.652. The summed E-state index contributed by atoms with van der Waals surface area (Å²) in [7, 11) is 1.57. The number of allylic oxidation sites excluding steroid dienone is 1. The zero-order valence-corrected chi connectivity index (χ0v) is 19.5. The first-order chi connectivity index (χ1) is 17.4. The van der Waals surface area contributed by atoms with E-state index in [-0.39, 0.29) is 30.1 Å². The van der Waals surface area contributed by atoms with Crippen molar-refractivity contribution in [1.29, 1.82) is 0 Å². The standard InChI is InChI=1S/C27H22F2N4O3/c1-16-23(26-31-25(32-36-26)19-4-3-5-22(14-19)35-2)24(18-8-12-21(29)13-9-18)30-27(34)33(16)15-17-6-10-20(28)11-7-17/h3-14,24H,15H2,1-2H3,(H,30,34). The van der Waals surface area contributed by atoms with Crippen molar-refractivity contribution in [3.8, 4) is 17.1 Å². The highest BCUT2D eigenvalue weighted by Crippen LogP contribution is 2.38. The molecule has 9 heteroatoms. The van der Waals surface area contributed by atoms with E-state index in [4.69, 9.17) is 9.26 Å². The molecule has 1 aliphatic heterocycles. The van der Waals surface area contributed by atoms with Crippen molar-refractivity contribution in [2.24, 2.45) is 0 Å². The Kier molecular flexibility index (Phi) is 6.20. The fourth-order valence-corrected chi connectivity index (χ4v) is 4.14. The van der Waals surface area contributed by atoms with Gasteiger partial charge in [0.25, 0.3) is 5.89 Å². The van der Waals surface area contributed by atoms with Crippen LogP contribution in [0.5, 0.6) is 5.75 Å². The number of ether oxygens (including phenoxy) is 1. The number of aromatic nitrogens is 2. The fourth-order valence-electron chi connectivity index (χ4n) is 4.14. The summed E-state index contributed by atoms with van der Waals surface area (Å²) in [6, 6.07) is 18.0. The summed E-state index contributed by atoms with van der Waals surface area (Å²) in [5, 5.41) is 7.11. The Labute approximate surface area is 206 Å². The van der Waals surface area contributed by atoms with Gasteiger partial charge in [0.15, 0.2) is 0 Å². The quantitative estimate of drug-likeness (QED) is 0.375. The molecule has 0 fully saturated rings. The van der Waals surface area contributed by atoms with E-state index in [0.29, 0.717) is 34.0 Å². The summed E-state index contributed by atoms with van der Waals surface area (Å²) in [6.45, 7) is 1.98. The lowest BCUT2D eigenvalue weighted by atomic mass is 9.94. The van der Waals surface area contributed by atoms with Crippen LogP contribution < -0.4 is 10.1 Å². The zero-order chi connectivity index (χ0) is 25.2. The summed E-state index contributed by atoms with van der Waals surface area (Å²) >= 11 is 0. The second kappa shape index (κ2) is 9.61. The molecule has 4 aromatic rings. The second-order valence-electron chi connectivity index (χ2n) is 8.30. The number of halogens is 2. The minimum absolute atomic E-state index is 0.203. The lowest BCUT2D eigenvalue weighted by Crippen LogP contribution is -2.45. The molecule has 1 N–H and O–H groups in total. The van der Waals surface area contributed by atoms with E-state index in [1.54, 1.807) is 44.4 Å². The van der Waals surface area contributed by atoms with Gasteiger partial charge in [-0.3, -0.25) is 4.90 Å². The van der Waals surface area contributed by atoms with Gasteiger partial charge in [-0.2, -0.15) is 4.98 Å². The molecule has 0 bridgehead atoms. The summed E-state index contributed by atoms with van der Waals surface area (Å²) in [5.41, 5.74) is 3.25. The molecule has 5 rings (SSSR count). The molecule has 2 amide bonds. The Morgan fingerprint density at radius 3 is 2.42 bits per heavy atom. The van der Waals surface area contributed by atoms with E-state index in [1.807, 2.05) is 18.2 Å². The number of hydrogen-bond donors (Lipinski definition) is 1. The number of methoxy groups -OCH3 is 1. The van der Waals surface area contributed by atoms with Crippen molar-refractivity contribution in [2.75, 3.05) is 7.11 Å². The average molecular weight is 488 g/mol. The van der Waals surface area contributed by atoms with Gasteiger partial charge in [-0.25, -0.2) is 13.6 Å². The van der Waals surface area contributed by atoms with Crippen LogP contribution in [-0.2, 0) is 6.54 Å². The molecule has 0 radical (unpaired) electrons. The van der Waals surface area contributed by atoms with Crippen LogP contribution in [0.3, 0.4) is 0 Å². The lowest BCUT2D eigenvalue weighted by molar-refractivity contribution is 0.203. The number of carbonyl (C=O) groups excluding carboxylic acids is 1. The van der Waals surface area contributed by atoms with E-state index in [9.17, 15) is 13.6 Å². The van der Waals surface area contributed by atoms with Crippen molar-refractivity contribution < 1.29 is 22.8 Å². The van der Waals surface area contributed by atoms with Crippen molar-refractivity contribution in [2.45, 2.75) is 19.5 Å². The predicted molar refractivity (Wildman–Crippen MR) is 128 cm³/mol. The topological polar surface area (TPSA) is 80.5 Å². The van der Waals surface area contributed by atoms with Crippen LogP contribution in [0, 0.1) is 11.6 Å². The van der Waals surface area contributed by atoms with Crippen LogP contribution in [-0.4, -0.2) is 28.2 Å². The SMILES string of the molecule is COc1cccc(-c2noc(C3=C(C)N(Cc4ccc(F)cc4)C(=O)NC3c3ccc(F)cc3)n2)c1. The Hall–Kier alpha value is -4.53. The maximum absolute atomic E-state index is 13.6. The van der Waals surface area contributed by atoms with Crippen LogP contribution in [0.25, 0.3) is 17.0 Å². The normalized spacial score (nSPS) is 15.7. The highest BCUT2D eigenvalue weighted by molar-refractivity contribution is 5.86. The number of benzene rings is 3. The summed E-state index contributed by atoms with van der Waals surface area (Å²) in [5.74, 6) is 0.461. The summed E-state index contributed by atoms with van der Waals surface area (Å²) < 4.78 is 38.0. The number of rotatable bonds is 6. The Morgan fingerprint density at radius 2 is 1.72 bits per heavy atom. The molecule has 0 saturated carbocycles. The average Bonchev–Trinajstić information content (AvgIpc) is 3.37. The van der Waals surface area contributed by atoms with Crippen molar-refractivity contribution in [3.63, 3.8) is 0 Å². The second-order valence-corrected chi connectivity index (χ2v) is 8.30. The van der Waals surface area contributed by atoms with Gasteiger partial charge in [0, 0.05) is 11.3 Å². The Bertz CT molecular complexity index is 1430. The van der Waals surface area contributed by atoms with Crippen molar-refractivity contribution in [1.82, 2.24) is 20.4 Å². The largest absolute Gasteiger partial charge is 0.497 e. The van der Waals surface area contributed by atoms with Gasteiger partial charge in [0.05, 0.1) is 25.3 Å². The number of nitrogens with zero attached hydrogens (tertiary/aromatic N) is 3. The number of nitrogens with one attached hydrogen (secondary N) is 1. The molecular weight excluding hydrogens is 466 g/mol. The highest BCUT2D eigenvalue weighted by atomic mass is 19.1. The summed E-state index contributed by atoms with van der Waals surface area (Å²) in [4.78, 5) is 19.3. The molecule has 1 unspecified atom stereocenters. The Balaban J connectivity index is 1.58. The molecule has 36 heavy (non-hydrogen) atoms. The van der Waals surface area contributed by atoms with Gasteiger partial charge in [-0.15, -0.1) is 0 Å². The third-order valence-electron chi connectivity index (χ3n) is 6.04. The van der Waals surface area contributed by atoms with Crippen LogP contribution in [0.4, 0.5) is 13.6 Å². The van der Waals surface area contributed by atoms with Crippen LogP contribution in [0.1, 0.15) is 30.0 Å². The molecule has 0 spiro atoms. The minimum Gasteiger partial charge on any atom is -0.497 e. The molecular formula is C27H22F2N4O3. The molecule has 0 saturated heterocycles. The summed E-state index contributed by atoms with van der Waals surface area (Å²) in [6.07, 6.45) is 0. The Morgan fingerprint density at radius 1 is 1.03 bits per heavy atom. The van der Waals surface area contributed by atoms with Gasteiger partial charge in [0.2, 0.25) is 5.82 Å². The van der Waals surface area contributed by atoms with Gasteiger partial charge in [-0.1, -0.05) is 41.6 Å². The zero-order valence-electron chi connectivity index (χ0n) is 19.5. The van der Waals surface area contributed by atoms with E-state index in [0.717, 1.165) is 5.56 Å². The molecule has 2 heterocycles. The third-order valence-corrected chi connectivity index (χ3v) is 6.04. The van der Waals surface area contributed by atoms with Crippen LogP contribution >= 0.6 is 0 Å². The monoisotopic (exact) mass is 488 g/mol. The number of carbonyl (C=O) groups is 1. The maximum Gasteiger partial charge on any atom is 0.322 e. The number of hydrogen-bond acceptors (Lipinski definition) is 5. The van der Waals surface area contributed by atoms with Gasteiger partial charge >= 0.3 is 6.03 Å². The first-order valence-corrected chi connectivity index (χ1v) is 11.2. The third kappa shape index (κ3) is 4.55. The molecule has 0 aliphatic carbocycles.